The molecular formula is C15H31NO3. The zero-order chi connectivity index (χ0) is 14.4. The molecule has 5 unspecified atom stereocenters. The fraction of sp³-hybridized carbons (Fsp3) is 1.00. The highest BCUT2D eigenvalue weighted by molar-refractivity contribution is 4.83. The van der Waals surface area contributed by atoms with Crippen LogP contribution in [0.4, 0.5) is 0 Å². The number of nitrogens with zero attached hydrogens (tertiary/aromatic N) is 1. The number of hydrogen-bond acceptors (Lipinski definition) is 4. The van der Waals surface area contributed by atoms with Crippen LogP contribution in [0.3, 0.4) is 0 Å². The van der Waals surface area contributed by atoms with E-state index in [2.05, 4.69) is 25.7 Å². The minimum absolute atomic E-state index is 0.0382. The molecule has 0 saturated carbocycles. The van der Waals surface area contributed by atoms with Crippen molar-refractivity contribution in [2.45, 2.75) is 52.4 Å². The van der Waals surface area contributed by atoms with Gasteiger partial charge >= 0.3 is 0 Å². The van der Waals surface area contributed by atoms with E-state index in [1.807, 2.05) is 6.92 Å². The van der Waals surface area contributed by atoms with Gasteiger partial charge < -0.3 is 14.6 Å². The number of piperidine rings is 1. The number of hydrogen-bond donors (Lipinski definition) is 1. The Morgan fingerprint density at radius 2 is 1.95 bits per heavy atom. The molecule has 0 aromatic rings. The number of β-amino-alcohol motifs (C(OH)–C–C–N with tert-alkyl or cyclic N) is 1. The molecule has 1 rings (SSSR count). The fourth-order valence-corrected chi connectivity index (χ4v) is 2.96. The van der Waals surface area contributed by atoms with E-state index in [4.69, 9.17) is 9.47 Å². The first-order chi connectivity index (χ1) is 8.93. The Hall–Kier alpha value is -0.160. The molecule has 1 fully saturated rings. The summed E-state index contributed by atoms with van der Waals surface area (Å²) in [7, 11) is 1.66. The predicted octanol–water partition coefficient (Wildman–Crippen LogP) is 1.77. The lowest BCUT2D eigenvalue weighted by Crippen LogP contribution is -2.49. The summed E-state index contributed by atoms with van der Waals surface area (Å²) in [5.41, 5.74) is 0. The average molecular weight is 273 g/mol. The smallest absolute Gasteiger partial charge is 0.0900 e. The number of rotatable bonds is 7. The maximum Gasteiger partial charge on any atom is 0.0900 e. The van der Waals surface area contributed by atoms with Gasteiger partial charge in [0.1, 0.15) is 0 Å². The second-order valence-corrected chi connectivity index (χ2v) is 6.27. The monoisotopic (exact) mass is 273 g/mol. The van der Waals surface area contributed by atoms with Crippen molar-refractivity contribution in [1.29, 1.82) is 0 Å². The van der Waals surface area contributed by atoms with Gasteiger partial charge in [-0.15, -0.1) is 0 Å². The van der Waals surface area contributed by atoms with Gasteiger partial charge in [-0.1, -0.05) is 13.8 Å². The van der Waals surface area contributed by atoms with Crippen LogP contribution in [0.25, 0.3) is 0 Å². The summed E-state index contributed by atoms with van der Waals surface area (Å²) in [6.45, 7) is 11.6. The molecule has 1 heterocycles. The van der Waals surface area contributed by atoms with Gasteiger partial charge in [0, 0.05) is 26.2 Å². The largest absolute Gasteiger partial charge is 0.389 e. The van der Waals surface area contributed by atoms with E-state index >= 15 is 0 Å². The summed E-state index contributed by atoms with van der Waals surface area (Å²) in [6, 6.07) is 0.544. The molecule has 1 N–H and O–H groups in total. The van der Waals surface area contributed by atoms with Gasteiger partial charge in [-0.3, -0.25) is 4.90 Å². The van der Waals surface area contributed by atoms with Gasteiger partial charge in [-0.2, -0.15) is 0 Å². The van der Waals surface area contributed by atoms with Crippen LogP contribution < -0.4 is 0 Å². The third-order valence-corrected chi connectivity index (χ3v) is 4.14. The van der Waals surface area contributed by atoms with Crippen molar-refractivity contribution in [3.63, 3.8) is 0 Å². The molecule has 0 aromatic heterocycles. The van der Waals surface area contributed by atoms with Crippen molar-refractivity contribution in [2.75, 3.05) is 33.4 Å². The highest BCUT2D eigenvalue weighted by Crippen LogP contribution is 2.26. The normalized spacial score (nSPS) is 32.2. The third-order valence-electron chi connectivity index (χ3n) is 4.14. The van der Waals surface area contributed by atoms with Crippen LogP contribution in [0.2, 0.25) is 0 Å². The fourth-order valence-electron chi connectivity index (χ4n) is 2.96. The lowest BCUT2D eigenvalue weighted by Gasteiger charge is -2.42. The summed E-state index contributed by atoms with van der Waals surface area (Å²) in [5.74, 6) is 1.41. The maximum atomic E-state index is 10.1. The van der Waals surface area contributed by atoms with Crippen LogP contribution >= 0.6 is 0 Å². The Kier molecular flexibility index (Phi) is 7.29. The molecule has 0 aliphatic carbocycles. The lowest BCUT2D eigenvalue weighted by atomic mass is 9.86. The topological polar surface area (TPSA) is 41.9 Å². The lowest BCUT2D eigenvalue weighted by molar-refractivity contribution is -0.0500. The first-order valence-electron chi connectivity index (χ1n) is 7.46. The molecule has 114 valence electrons. The highest BCUT2D eigenvalue weighted by Gasteiger charge is 2.29. The highest BCUT2D eigenvalue weighted by atomic mass is 16.5. The number of methoxy groups -OCH3 is 1. The molecule has 1 saturated heterocycles. The van der Waals surface area contributed by atoms with Crippen LogP contribution in [0.15, 0.2) is 0 Å². The van der Waals surface area contributed by atoms with E-state index < -0.39 is 6.10 Å². The Labute approximate surface area is 118 Å². The van der Waals surface area contributed by atoms with Crippen molar-refractivity contribution >= 4 is 0 Å². The molecule has 19 heavy (non-hydrogen) atoms. The van der Waals surface area contributed by atoms with Crippen molar-refractivity contribution in [3.8, 4) is 0 Å². The van der Waals surface area contributed by atoms with Crippen LogP contribution in [0, 0.1) is 11.8 Å². The summed E-state index contributed by atoms with van der Waals surface area (Å²) >= 11 is 0. The third kappa shape index (κ3) is 5.78. The van der Waals surface area contributed by atoms with E-state index in [1.54, 1.807) is 7.11 Å². The number of ether oxygens (including phenoxy) is 2. The molecule has 0 spiro atoms. The summed E-state index contributed by atoms with van der Waals surface area (Å²) < 4.78 is 10.6. The minimum Gasteiger partial charge on any atom is -0.389 e. The summed E-state index contributed by atoms with van der Waals surface area (Å²) in [4.78, 5) is 2.40. The van der Waals surface area contributed by atoms with Crippen molar-refractivity contribution in [1.82, 2.24) is 4.90 Å². The molecule has 1 aliphatic heterocycles. The average Bonchev–Trinajstić information content (AvgIpc) is 2.33. The second kappa shape index (κ2) is 8.20. The van der Waals surface area contributed by atoms with Crippen molar-refractivity contribution in [2.24, 2.45) is 11.8 Å². The minimum atomic E-state index is -0.417. The Bertz CT molecular complexity index is 250. The van der Waals surface area contributed by atoms with Gasteiger partial charge in [0.25, 0.3) is 0 Å². The Morgan fingerprint density at radius 1 is 1.26 bits per heavy atom. The van der Waals surface area contributed by atoms with Gasteiger partial charge in [0.05, 0.1) is 25.4 Å². The second-order valence-electron chi connectivity index (χ2n) is 6.27. The number of likely N-dealkylation sites (tertiary alicyclic amines) is 1. The molecule has 4 nitrogen and oxygen atoms in total. The SMILES string of the molecule is COCC(C)OCC(O)CN1CC(C)CC(C)C1C. The van der Waals surface area contributed by atoms with Crippen LogP contribution in [0.5, 0.6) is 0 Å². The van der Waals surface area contributed by atoms with E-state index in [1.165, 1.54) is 6.42 Å². The van der Waals surface area contributed by atoms with Crippen LogP contribution in [0.1, 0.15) is 34.1 Å². The molecule has 0 bridgehead atoms. The van der Waals surface area contributed by atoms with Gasteiger partial charge in [-0.05, 0) is 32.1 Å². The Balaban J connectivity index is 2.32. The molecular weight excluding hydrogens is 242 g/mol. The van der Waals surface area contributed by atoms with E-state index in [0.29, 0.717) is 37.6 Å². The predicted molar refractivity (Wildman–Crippen MR) is 77.3 cm³/mol. The van der Waals surface area contributed by atoms with Gasteiger partial charge in [-0.25, -0.2) is 0 Å². The van der Waals surface area contributed by atoms with Crippen molar-refractivity contribution < 1.29 is 14.6 Å². The zero-order valence-corrected chi connectivity index (χ0v) is 13.1. The quantitative estimate of drug-likeness (QED) is 0.767. The first-order valence-corrected chi connectivity index (χ1v) is 7.46. The first kappa shape index (κ1) is 16.9. The van der Waals surface area contributed by atoms with Crippen LogP contribution in [-0.4, -0.2) is 61.7 Å². The maximum absolute atomic E-state index is 10.1. The van der Waals surface area contributed by atoms with Crippen molar-refractivity contribution in [3.05, 3.63) is 0 Å². The molecule has 0 amide bonds. The summed E-state index contributed by atoms with van der Waals surface area (Å²) in [6.07, 6.45) is 0.908. The standard InChI is InChI=1S/C15H31NO3/c1-11-6-12(2)14(4)16(7-11)8-15(17)10-19-13(3)9-18-5/h11-15,17H,6-10H2,1-5H3. The van der Waals surface area contributed by atoms with Crippen LogP contribution in [-0.2, 0) is 9.47 Å². The number of aliphatic hydroxyl groups is 1. The molecule has 4 heteroatoms. The molecule has 1 aliphatic rings. The Morgan fingerprint density at radius 3 is 2.58 bits per heavy atom. The van der Waals surface area contributed by atoms with E-state index in [-0.39, 0.29) is 6.10 Å². The summed E-state index contributed by atoms with van der Waals surface area (Å²) in [5, 5.41) is 10.1. The van der Waals surface area contributed by atoms with E-state index in [0.717, 1.165) is 6.54 Å². The molecule has 5 atom stereocenters. The van der Waals surface area contributed by atoms with Gasteiger partial charge in [0.2, 0.25) is 0 Å². The number of aliphatic hydroxyl groups excluding tert-OH is 1. The zero-order valence-electron chi connectivity index (χ0n) is 13.1. The van der Waals surface area contributed by atoms with Gasteiger partial charge in [0.15, 0.2) is 0 Å². The van der Waals surface area contributed by atoms with E-state index in [9.17, 15) is 5.11 Å². The molecule has 0 radical (unpaired) electrons. The molecule has 0 aromatic carbocycles.